The molecular weight excluding hydrogens is 379 g/mol. The fourth-order valence-electron chi connectivity index (χ4n) is 4.19. The number of nitrogens with zero attached hydrogens (tertiary/aromatic N) is 1. The van der Waals surface area contributed by atoms with Gasteiger partial charge in [-0.3, -0.25) is 0 Å². The first kappa shape index (κ1) is 21.2. The lowest BCUT2D eigenvalue weighted by Crippen LogP contribution is -2.47. The number of rotatable bonds is 8. The smallest absolute Gasteiger partial charge is 0.111 e. The average molecular weight is 409 g/mol. The van der Waals surface area contributed by atoms with Gasteiger partial charge in [-0.2, -0.15) is 0 Å². The molecule has 1 saturated carbocycles. The lowest BCUT2D eigenvalue weighted by molar-refractivity contribution is -0.0522. The van der Waals surface area contributed by atoms with Crippen LogP contribution in [0.15, 0.2) is 31.0 Å². The molecule has 0 amide bonds. The van der Waals surface area contributed by atoms with Crippen molar-refractivity contribution >= 4 is 22.8 Å². The standard InChI is InChI=1S/C22H30ClFN2O2/c1-4-28-12-8-17-13-18(20-19(23)7-5-11-26(17)20)16(2)25-15-22(27)10-6-9-21(3,24)14-22/h5,7,11,13,25,27H,2,4,6,8-10,12,14-15H2,1,3H3. The van der Waals surface area contributed by atoms with Crippen LogP contribution < -0.4 is 5.32 Å². The first-order valence-corrected chi connectivity index (χ1v) is 10.3. The van der Waals surface area contributed by atoms with Gasteiger partial charge in [-0.05, 0) is 51.3 Å². The second-order valence-electron chi connectivity index (χ2n) is 8.07. The normalized spacial score (nSPS) is 25.2. The van der Waals surface area contributed by atoms with E-state index in [-0.39, 0.29) is 13.0 Å². The van der Waals surface area contributed by atoms with E-state index in [1.165, 1.54) is 0 Å². The Morgan fingerprint density at radius 2 is 2.25 bits per heavy atom. The Bertz CT molecular complexity index is 848. The molecular formula is C22H30ClFN2O2. The molecule has 2 aromatic rings. The monoisotopic (exact) mass is 408 g/mol. The first-order valence-electron chi connectivity index (χ1n) is 9.95. The summed E-state index contributed by atoms with van der Waals surface area (Å²) in [7, 11) is 0. The molecule has 0 aromatic carbocycles. The predicted molar refractivity (Wildman–Crippen MR) is 113 cm³/mol. The SMILES string of the molecule is C=C(NCC1(O)CCCC(C)(F)C1)c1cc(CCOCC)n2cccc(Cl)c12. The number of fused-ring (bicyclic) bond motifs is 1. The minimum atomic E-state index is -1.32. The summed E-state index contributed by atoms with van der Waals surface area (Å²) < 4.78 is 21.9. The zero-order valence-electron chi connectivity index (χ0n) is 16.7. The van der Waals surface area contributed by atoms with E-state index in [0.29, 0.717) is 43.2 Å². The molecule has 1 fully saturated rings. The van der Waals surface area contributed by atoms with E-state index in [1.54, 1.807) is 6.92 Å². The topological polar surface area (TPSA) is 45.9 Å². The lowest BCUT2D eigenvalue weighted by Gasteiger charge is -2.39. The van der Waals surface area contributed by atoms with Crippen molar-refractivity contribution in [2.75, 3.05) is 19.8 Å². The molecule has 154 valence electrons. The van der Waals surface area contributed by atoms with Crippen molar-refractivity contribution in [2.45, 2.75) is 57.2 Å². The summed E-state index contributed by atoms with van der Waals surface area (Å²) in [5.41, 5.74) is 1.12. The fraction of sp³-hybridized carbons (Fsp3) is 0.545. The molecule has 0 aliphatic heterocycles. The molecule has 4 nitrogen and oxygen atoms in total. The van der Waals surface area contributed by atoms with Gasteiger partial charge in [0.15, 0.2) is 0 Å². The van der Waals surface area contributed by atoms with Crippen LogP contribution >= 0.6 is 11.6 Å². The Balaban J connectivity index is 1.79. The number of aromatic nitrogens is 1. The highest BCUT2D eigenvalue weighted by atomic mass is 35.5. The van der Waals surface area contributed by atoms with Gasteiger partial charge in [0, 0.05) is 49.1 Å². The van der Waals surface area contributed by atoms with E-state index >= 15 is 0 Å². The van der Waals surface area contributed by atoms with Gasteiger partial charge in [-0.1, -0.05) is 18.2 Å². The van der Waals surface area contributed by atoms with Gasteiger partial charge in [-0.15, -0.1) is 0 Å². The van der Waals surface area contributed by atoms with Crippen LogP contribution in [0.5, 0.6) is 0 Å². The van der Waals surface area contributed by atoms with E-state index < -0.39 is 11.3 Å². The molecule has 1 aliphatic rings. The minimum absolute atomic E-state index is 0.136. The Morgan fingerprint density at radius 3 is 2.96 bits per heavy atom. The maximum Gasteiger partial charge on any atom is 0.111 e. The molecule has 0 spiro atoms. The predicted octanol–water partition coefficient (Wildman–Crippen LogP) is 4.77. The molecule has 2 heterocycles. The number of nitrogens with one attached hydrogen (secondary N) is 1. The van der Waals surface area contributed by atoms with Crippen LogP contribution in [0.4, 0.5) is 4.39 Å². The number of ether oxygens (including phenoxy) is 1. The van der Waals surface area contributed by atoms with Gasteiger partial charge in [0.2, 0.25) is 0 Å². The molecule has 6 heteroatoms. The summed E-state index contributed by atoms with van der Waals surface area (Å²) in [5, 5.41) is 14.7. The zero-order chi connectivity index (χ0) is 20.4. The highest BCUT2D eigenvalue weighted by Crippen LogP contribution is 2.38. The number of halogens is 2. The van der Waals surface area contributed by atoms with Crippen molar-refractivity contribution in [1.82, 2.24) is 9.72 Å². The van der Waals surface area contributed by atoms with Gasteiger partial charge in [-0.25, -0.2) is 4.39 Å². The van der Waals surface area contributed by atoms with Crippen molar-refractivity contribution in [3.05, 3.63) is 47.3 Å². The molecule has 2 unspecified atom stereocenters. The van der Waals surface area contributed by atoms with E-state index in [1.807, 2.05) is 25.3 Å². The second kappa shape index (κ2) is 8.44. The van der Waals surface area contributed by atoms with Crippen molar-refractivity contribution in [3.63, 3.8) is 0 Å². The van der Waals surface area contributed by atoms with Crippen LogP contribution in [-0.4, -0.2) is 40.5 Å². The summed E-state index contributed by atoms with van der Waals surface area (Å²) in [6.07, 6.45) is 4.63. The van der Waals surface area contributed by atoms with Gasteiger partial charge < -0.3 is 19.6 Å². The highest BCUT2D eigenvalue weighted by molar-refractivity contribution is 6.34. The quantitative estimate of drug-likeness (QED) is 0.619. The third kappa shape index (κ3) is 4.70. The Kier molecular flexibility index (Phi) is 6.37. The molecule has 2 N–H and O–H groups in total. The third-order valence-electron chi connectivity index (χ3n) is 5.52. The maximum atomic E-state index is 14.4. The van der Waals surface area contributed by atoms with Crippen LogP contribution in [0.25, 0.3) is 11.2 Å². The Hall–Kier alpha value is -1.56. The number of alkyl halides is 1. The van der Waals surface area contributed by atoms with Crippen LogP contribution in [-0.2, 0) is 11.2 Å². The van der Waals surface area contributed by atoms with Crippen LogP contribution in [0, 0.1) is 0 Å². The van der Waals surface area contributed by atoms with Crippen molar-refractivity contribution in [1.29, 1.82) is 0 Å². The summed E-state index contributed by atoms with van der Waals surface area (Å²) in [4.78, 5) is 0. The first-order chi connectivity index (χ1) is 13.2. The van der Waals surface area contributed by atoms with E-state index in [2.05, 4.69) is 22.4 Å². The lowest BCUT2D eigenvalue weighted by atomic mass is 9.77. The average Bonchev–Trinajstić information content (AvgIpc) is 2.99. The van der Waals surface area contributed by atoms with Crippen molar-refractivity contribution in [2.24, 2.45) is 0 Å². The fourth-order valence-corrected chi connectivity index (χ4v) is 4.46. The Labute approximate surface area is 171 Å². The summed E-state index contributed by atoms with van der Waals surface area (Å²) in [6.45, 7) is 9.27. The van der Waals surface area contributed by atoms with Crippen LogP contribution in [0.2, 0.25) is 5.02 Å². The van der Waals surface area contributed by atoms with Gasteiger partial charge >= 0.3 is 0 Å². The largest absolute Gasteiger partial charge is 0.388 e. The summed E-state index contributed by atoms with van der Waals surface area (Å²) in [5.74, 6) is 0. The maximum absolute atomic E-state index is 14.4. The molecule has 2 atom stereocenters. The molecule has 0 bridgehead atoms. The van der Waals surface area contributed by atoms with Gasteiger partial charge in [0.25, 0.3) is 0 Å². The van der Waals surface area contributed by atoms with Crippen LogP contribution in [0.1, 0.15) is 50.8 Å². The zero-order valence-corrected chi connectivity index (χ0v) is 17.5. The number of aliphatic hydroxyl groups is 1. The summed E-state index contributed by atoms with van der Waals surface area (Å²) >= 11 is 6.47. The highest BCUT2D eigenvalue weighted by Gasteiger charge is 2.41. The van der Waals surface area contributed by atoms with E-state index in [4.69, 9.17) is 16.3 Å². The van der Waals surface area contributed by atoms with E-state index in [9.17, 15) is 9.50 Å². The summed E-state index contributed by atoms with van der Waals surface area (Å²) in [6, 6.07) is 5.81. The van der Waals surface area contributed by atoms with Gasteiger partial charge in [0.05, 0.1) is 22.7 Å². The van der Waals surface area contributed by atoms with Crippen LogP contribution in [0.3, 0.4) is 0 Å². The molecule has 0 radical (unpaired) electrons. The van der Waals surface area contributed by atoms with Crippen molar-refractivity contribution in [3.8, 4) is 0 Å². The van der Waals surface area contributed by atoms with E-state index in [0.717, 1.165) is 23.2 Å². The molecule has 3 rings (SSSR count). The number of pyridine rings is 1. The third-order valence-corrected chi connectivity index (χ3v) is 5.83. The van der Waals surface area contributed by atoms with Crippen molar-refractivity contribution < 1.29 is 14.2 Å². The molecule has 2 aromatic heterocycles. The number of hydrogen-bond acceptors (Lipinski definition) is 3. The Morgan fingerprint density at radius 1 is 1.46 bits per heavy atom. The molecule has 0 saturated heterocycles. The van der Waals surface area contributed by atoms with Gasteiger partial charge in [0.1, 0.15) is 5.67 Å². The number of hydrogen-bond donors (Lipinski definition) is 2. The minimum Gasteiger partial charge on any atom is -0.388 e. The molecule has 1 aliphatic carbocycles. The second-order valence-corrected chi connectivity index (χ2v) is 8.48. The molecule has 28 heavy (non-hydrogen) atoms.